The van der Waals surface area contributed by atoms with E-state index in [-0.39, 0.29) is 5.56 Å². The largest absolute Gasteiger partial charge is 0.330 e. The van der Waals surface area contributed by atoms with Crippen LogP contribution in [-0.4, -0.2) is 39.5 Å². The van der Waals surface area contributed by atoms with Gasteiger partial charge < -0.3 is 10.7 Å². The van der Waals surface area contributed by atoms with Crippen molar-refractivity contribution in [2.24, 2.45) is 11.7 Å². The fourth-order valence-corrected chi connectivity index (χ4v) is 3.82. The number of hydrogen-bond donors (Lipinski definition) is 2. The molecule has 1 atom stereocenters. The zero-order valence-electron chi connectivity index (χ0n) is 15.8. The van der Waals surface area contributed by atoms with Crippen LogP contribution in [0.1, 0.15) is 18.4 Å². The van der Waals surface area contributed by atoms with Crippen molar-refractivity contribution in [3.05, 3.63) is 70.8 Å². The molecule has 6 nitrogen and oxygen atoms in total. The van der Waals surface area contributed by atoms with Crippen molar-refractivity contribution in [1.29, 1.82) is 0 Å². The van der Waals surface area contributed by atoms with Gasteiger partial charge in [0.05, 0.1) is 5.69 Å². The summed E-state index contributed by atoms with van der Waals surface area (Å²) in [7, 11) is 0. The summed E-state index contributed by atoms with van der Waals surface area (Å²) in [6.45, 7) is 3.79. The molecule has 0 amide bonds. The second-order valence-electron chi connectivity index (χ2n) is 7.40. The van der Waals surface area contributed by atoms with E-state index in [4.69, 9.17) is 5.73 Å². The van der Waals surface area contributed by atoms with Crippen LogP contribution in [0.4, 0.5) is 0 Å². The van der Waals surface area contributed by atoms with E-state index < -0.39 is 0 Å². The lowest BCUT2D eigenvalue weighted by Crippen LogP contribution is -2.37. The molecule has 0 spiro atoms. The molecule has 0 bridgehead atoms. The van der Waals surface area contributed by atoms with Gasteiger partial charge in [-0.1, -0.05) is 18.2 Å². The van der Waals surface area contributed by atoms with Crippen LogP contribution in [0.2, 0.25) is 0 Å². The highest BCUT2D eigenvalue weighted by Crippen LogP contribution is 2.22. The van der Waals surface area contributed by atoms with Crippen molar-refractivity contribution in [2.45, 2.75) is 19.4 Å². The average molecular weight is 375 g/mol. The van der Waals surface area contributed by atoms with Gasteiger partial charge in [-0.05, 0) is 55.6 Å². The molecule has 2 aromatic heterocycles. The SMILES string of the molecule is NC[C@@H]1CCCN(Cc2cccc(-c3nc(-c4cccnc4)cc(=O)[nH]3)c2)C1. The second kappa shape index (κ2) is 8.46. The van der Waals surface area contributed by atoms with Gasteiger partial charge in [0, 0.05) is 42.7 Å². The molecule has 0 saturated carbocycles. The Hall–Kier alpha value is -2.83. The first-order chi connectivity index (χ1) is 13.7. The predicted octanol–water partition coefficient (Wildman–Crippen LogP) is 2.67. The summed E-state index contributed by atoms with van der Waals surface area (Å²) in [6, 6.07) is 13.5. The number of nitrogens with zero attached hydrogens (tertiary/aromatic N) is 3. The van der Waals surface area contributed by atoms with Crippen LogP contribution in [-0.2, 0) is 6.54 Å². The molecule has 28 heavy (non-hydrogen) atoms. The monoisotopic (exact) mass is 375 g/mol. The van der Waals surface area contributed by atoms with E-state index in [9.17, 15) is 4.79 Å². The van der Waals surface area contributed by atoms with Crippen molar-refractivity contribution in [3.63, 3.8) is 0 Å². The molecular formula is C22H25N5O. The minimum atomic E-state index is -0.170. The van der Waals surface area contributed by atoms with Crippen molar-refractivity contribution >= 4 is 0 Å². The molecule has 4 rings (SSSR count). The number of rotatable bonds is 5. The first-order valence-electron chi connectivity index (χ1n) is 9.75. The molecule has 0 radical (unpaired) electrons. The van der Waals surface area contributed by atoms with Gasteiger partial charge in [0.2, 0.25) is 0 Å². The molecule has 3 heterocycles. The summed E-state index contributed by atoms with van der Waals surface area (Å²) >= 11 is 0. The van der Waals surface area contributed by atoms with Gasteiger partial charge in [-0.15, -0.1) is 0 Å². The summed E-state index contributed by atoms with van der Waals surface area (Å²) in [4.78, 5) is 26.3. The van der Waals surface area contributed by atoms with Crippen LogP contribution in [0.3, 0.4) is 0 Å². The minimum absolute atomic E-state index is 0.170. The molecule has 144 valence electrons. The summed E-state index contributed by atoms with van der Waals surface area (Å²) in [5.74, 6) is 1.16. The Morgan fingerprint density at radius 3 is 2.89 bits per heavy atom. The van der Waals surface area contributed by atoms with Crippen LogP contribution < -0.4 is 11.3 Å². The molecule has 0 aliphatic carbocycles. The predicted molar refractivity (Wildman–Crippen MR) is 111 cm³/mol. The van der Waals surface area contributed by atoms with Gasteiger partial charge in [-0.3, -0.25) is 14.7 Å². The zero-order valence-corrected chi connectivity index (χ0v) is 15.8. The zero-order chi connectivity index (χ0) is 19.3. The van der Waals surface area contributed by atoms with Crippen LogP contribution in [0, 0.1) is 5.92 Å². The Balaban J connectivity index is 1.59. The van der Waals surface area contributed by atoms with Crippen LogP contribution in [0.25, 0.3) is 22.6 Å². The van der Waals surface area contributed by atoms with Gasteiger partial charge in [-0.2, -0.15) is 0 Å². The van der Waals surface area contributed by atoms with E-state index in [1.165, 1.54) is 24.5 Å². The van der Waals surface area contributed by atoms with Crippen LogP contribution in [0.5, 0.6) is 0 Å². The summed E-state index contributed by atoms with van der Waals surface area (Å²) in [6.07, 6.45) is 5.84. The topological polar surface area (TPSA) is 87.9 Å². The van der Waals surface area contributed by atoms with E-state index in [0.717, 1.165) is 37.3 Å². The van der Waals surface area contributed by atoms with Crippen molar-refractivity contribution in [3.8, 4) is 22.6 Å². The van der Waals surface area contributed by atoms with Crippen LogP contribution in [0.15, 0.2) is 59.7 Å². The number of pyridine rings is 1. The number of nitrogens with two attached hydrogens (primary N) is 1. The Morgan fingerprint density at radius 1 is 1.18 bits per heavy atom. The Kier molecular flexibility index (Phi) is 5.60. The van der Waals surface area contributed by atoms with E-state index in [1.54, 1.807) is 12.4 Å². The normalized spacial score (nSPS) is 17.5. The lowest BCUT2D eigenvalue weighted by atomic mass is 9.97. The number of hydrogen-bond acceptors (Lipinski definition) is 5. The summed E-state index contributed by atoms with van der Waals surface area (Å²) in [5, 5.41) is 0. The van der Waals surface area contributed by atoms with Crippen molar-refractivity contribution in [2.75, 3.05) is 19.6 Å². The second-order valence-corrected chi connectivity index (χ2v) is 7.40. The van der Waals surface area contributed by atoms with Gasteiger partial charge in [0.15, 0.2) is 0 Å². The fraction of sp³-hybridized carbons (Fsp3) is 0.318. The van der Waals surface area contributed by atoms with Gasteiger partial charge >= 0.3 is 0 Å². The summed E-state index contributed by atoms with van der Waals surface area (Å²) < 4.78 is 0. The lowest BCUT2D eigenvalue weighted by Gasteiger charge is -2.32. The first kappa shape index (κ1) is 18.5. The molecule has 0 unspecified atom stereocenters. The number of piperidine rings is 1. The van der Waals surface area contributed by atoms with Gasteiger partial charge in [0.25, 0.3) is 5.56 Å². The van der Waals surface area contributed by atoms with Crippen molar-refractivity contribution in [1.82, 2.24) is 19.9 Å². The molecule has 1 aliphatic rings. The lowest BCUT2D eigenvalue weighted by molar-refractivity contribution is 0.171. The molecule has 1 saturated heterocycles. The number of aromatic amines is 1. The summed E-state index contributed by atoms with van der Waals surface area (Å²) in [5.41, 5.74) is 9.26. The molecule has 3 aromatic rings. The third-order valence-electron chi connectivity index (χ3n) is 5.24. The van der Waals surface area contributed by atoms with Gasteiger partial charge in [-0.25, -0.2) is 4.98 Å². The van der Waals surface area contributed by atoms with E-state index in [1.807, 2.05) is 24.3 Å². The van der Waals surface area contributed by atoms with Crippen LogP contribution >= 0.6 is 0 Å². The Labute approximate surface area is 164 Å². The number of nitrogens with one attached hydrogen (secondary N) is 1. The molecule has 3 N–H and O–H groups in total. The molecule has 1 aliphatic heterocycles. The quantitative estimate of drug-likeness (QED) is 0.716. The molecule has 6 heteroatoms. The maximum Gasteiger partial charge on any atom is 0.251 e. The number of benzene rings is 1. The van der Waals surface area contributed by atoms with Gasteiger partial charge in [0.1, 0.15) is 5.82 Å². The maximum atomic E-state index is 12.2. The Morgan fingerprint density at radius 2 is 2.07 bits per heavy atom. The Bertz CT molecular complexity index is 985. The fourth-order valence-electron chi connectivity index (χ4n) is 3.82. The highest BCUT2D eigenvalue weighted by molar-refractivity contribution is 5.63. The maximum absolute atomic E-state index is 12.2. The van der Waals surface area contributed by atoms with E-state index >= 15 is 0 Å². The third kappa shape index (κ3) is 4.35. The highest BCUT2D eigenvalue weighted by atomic mass is 16.1. The highest BCUT2D eigenvalue weighted by Gasteiger charge is 2.18. The average Bonchev–Trinajstić information content (AvgIpc) is 2.74. The minimum Gasteiger partial charge on any atom is -0.330 e. The standard InChI is InChI=1S/C22H25N5O/c23-12-17-5-3-9-27(15-17)14-16-4-1-6-18(10-16)22-25-20(11-21(28)26-22)19-7-2-8-24-13-19/h1-2,4,6-8,10-11,13,17H,3,5,9,12,14-15,23H2,(H,25,26,28)/t17-/m0/s1. The number of H-pyrrole nitrogens is 1. The van der Waals surface area contributed by atoms with E-state index in [0.29, 0.717) is 17.4 Å². The third-order valence-corrected chi connectivity index (χ3v) is 5.24. The molecule has 1 aromatic carbocycles. The molecule has 1 fully saturated rings. The number of aromatic nitrogens is 3. The van der Waals surface area contributed by atoms with Crippen molar-refractivity contribution < 1.29 is 0 Å². The first-order valence-corrected chi connectivity index (χ1v) is 9.75. The molecular weight excluding hydrogens is 350 g/mol. The number of likely N-dealkylation sites (tertiary alicyclic amines) is 1. The van der Waals surface area contributed by atoms with E-state index in [2.05, 4.69) is 32.0 Å². The smallest absolute Gasteiger partial charge is 0.251 e.